The second kappa shape index (κ2) is 9.73. The summed E-state index contributed by atoms with van der Waals surface area (Å²) in [7, 11) is 1.61. The number of piperidine rings is 1. The summed E-state index contributed by atoms with van der Waals surface area (Å²) < 4.78 is 8.50. The van der Waals surface area contributed by atoms with Crippen LogP contribution in [-0.4, -0.2) is 57.8 Å². The fourth-order valence-corrected chi connectivity index (χ4v) is 4.91. The number of fused-ring (bicyclic) bond motifs is 3. The molecule has 1 aromatic carbocycles. The number of carbonyl (C=O) groups excluding carboxylic acids is 1. The Balaban J connectivity index is 1.42. The predicted molar refractivity (Wildman–Crippen MR) is 125 cm³/mol. The lowest BCUT2D eigenvalue weighted by atomic mass is 10.00. The molecule has 0 unspecified atom stereocenters. The fraction of sp³-hybridized carbons (Fsp3) is 0.542. The van der Waals surface area contributed by atoms with Gasteiger partial charge >= 0.3 is 0 Å². The molecule has 0 bridgehead atoms. The van der Waals surface area contributed by atoms with E-state index in [1.807, 2.05) is 35.6 Å². The van der Waals surface area contributed by atoms with Gasteiger partial charge in [0.05, 0.1) is 12.6 Å². The molecule has 1 aliphatic rings. The number of hydrogen-bond acceptors (Lipinski definition) is 5. The molecular formula is C24H33N5O3. The Morgan fingerprint density at radius 2 is 2.12 bits per heavy atom. The Morgan fingerprint density at radius 1 is 1.28 bits per heavy atom. The quantitative estimate of drug-likeness (QED) is 0.546. The molecule has 8 heteroatoms. The standard InChI is InChI=1S/C24H33N5O3/c1-4-18-9-5-6-13-27(18)14-8-12-25-23(30)16-28-24(31)21-15-19-20(29(21)17(2)26-28)10-7-11-22(19)32-3/h7,10-11,15,18H,4-6,8-9,12-14,16H2,1-3H3,(H,25,30)/t18-/m1/s1. The van der Waals surface area contributed by atoms with Crippen LogP contribution in [0.5, 0.6) is 5.75 Å². The van der Waals surface area contributed by atoms with E-state index in [9.17, 15) is 9.59 Å². The van der Waals surface area contributed by atoms with Crippen molar-refractivity contribution < 1.29 is 9.53 Å². The zero-order valence-electron chi connectivity index (χ0n) is 19.3. The minimum absolute atomic E-state index is 0.0872. The number of rotatable bonds is 8. The molecule has 2 aromatic heterocycles. The van der Waals surface area contributed by atoms with E-state index in [1.54, 1.807) is 7.11 Å². The highest BCUT2D eigenvalue weighted by molar-refractivity contribution is 5.92. The molecule has 172 valence electrons. The number of nitrogens with zero attached hydrogens (tertiary/aromatic N) is 4. The fourth-order valence-electron chi connectivity index (χ4n) is 4.91. The molecule has 3 heterocycles. The molecule has 1 saturated heterocycles. The van der Waals surface area contributed by atoms with Crippen LogP contribution in [0, 0.1) is 6.92 Å². The summed E-state index contributed by atoms with van der Waals surface area (Å²) in [5.41, 5.74) is 1.06. The molecule has 3 aromatic rings. The van der Waals surface area contributed by atoms with Crippen molar-refractivity contribution in [3.05, 3.63) is 40.4 Å². The second-order valence-electron chi connectivity index (χ2n) is 8.57. The van der Waals surface area contributed by atoms with E-state index in [-0.39, 0.29) is 18.0 Å². The van der Waals surface area contributed by atoms with Gasteiger partial charge in [-0.15, -0.1) is 0 Å². The van der Waals surface area contributed by atoms with Gasteiger partial charge in [-0.3, -0.25) is 14.0 Å². The maximum Gasteiger partial charge on any atom is 0.291 e. The monoisotopic (exact) mass is 439 g/mol. The van der Waals surface area contributed by atoms with Crippen LogP contribution < -0.4 is 15.6 Å². The second-order valence-corrected chi connectivity index (χ2v) is 8.57. The highest BCUT2D eigenvalue weighted by Gasteiger charge is 2.20. The Labute approximate surface area is 188 Å². The molecule has 1 amide bonds. The van der Waals surface area contributed by atoms with Gasteiger partial charge in [0.15, 0.2) is 0 Å². The van der Waals surface area contributed by atoms with E-state index in [4.69, 9.17) is 4.74 Å². The number of nitrogens with one attached hydrogen (secondary N) is 1. The lowest BCUT2D eigenvalue weighted by Gasteiger charge is -2.35. The summed E-state index contributed by atoms with van der Waals surface area (Å²) in [6, 6.07) is 8.17. The predicted octanol–water partition coefficient (Wildman–Crippen LogP) is 2.74. The Hall–Kier alpha value is -2.87. The molecule has 1 fully saturated rings. The normalized spacial score (nSPS) is 17.2. The van der Waals surface area contributed by atoms with Gasteiger partial charge in [-0.2, -0.15) is 5.10 Å². The molecule has 4 rings (SSSR count). The summed E-state index contributed by atoms with van der Waals surface area (Å²) in [6.07, 6.45) is 5.96. The van der Waals surface area contributed by atoms with Crippen molar-refractivity contribution in [3.8, 4) is 5.75 Å². The Bertz CT molecular complexity index is 1170. The van der Waals surface area contributed by atoms with Gasteiger partial charge in [0.25, 0.3) is 5.56 Å². The van der Waals surface area contributed by atoms with Crippen LogP contribution in [0.25, 0.3) is 16.4 Å². The molecule has 32 heavy (non-hydrogen) atoms. The molecule has 8 nitrogen and oxygen atoms in total. The van der Waals surface area contributed by atoms with E-state index >= 15 is 0 Å². The first-order chi connectivity index (χ1) is 15.5. The summed E-state index contributed by atoms with van der Waals surface area (Å²) in [5, 5.41) is 8.20. The van der Waals surface area contributed by atoms with E-state index < -0.39 is 0 Å². The third-order valence-electron chi connectivity index (χ3n) is 6.53. The van der Waals surface area contributed by atoms with Gasteiger partial charge in [-0.1, -0.05) is 19.4 Å². The maximum atomic E-state index is 13.0. The van der Waals surface area contributed by atoms with Gasteiger partial charge in [-0.25, -0.2) is 4.68 Å². The Kier molecular flexibility index (Phi) is 6.79. The first-order valence-electron chi connectivity index (χ1n) is 11.6. The molecule has 0 aliphatic carbocycles. The van der Waals surface area contributed by atoms with Crippen LogP contribution in [0.2, 0.25) is 0 Å². The van der Waals surface area contributed by atoms with Gasteiger partial charge < -0.3 is 15.0 Å². The molecule has 1 atom stereocenters. The first-order valence-corrected chi connectivity index (χ1v) is 11.6. The van der Waals surface area contributed by atoms with Crippen LogP contribution in [0.1, 0.15) is 44.9 Å². The molecule has 0 saturated carbocycles. The van der Waals surface area contributed by atoms with E-state index in [1.165, 1.54) is 30.4 Å². The van der Waals surface area contributed by atoms with Crippen LogP contribution in [0.3, 0.4) is 0 Å². The summed E-state index contributed by atoms with van der Waals surface area (Å²) >= 11 is 0. The van der Waals surface area contributed by atoms with E-state index in [0.29, 0.717) is 29.7 Å². The van der Waals surface area contributed by atoms with Crippen molar-refractivity contribution in [1.29, 1.82) is 0 Å². The highest BCUT2D eigenvalue weighted by atomic mass is 16.5. The molecule has 1 N–H and O–H groups in total. The van der Waals surface area contributed by atoms with Gasteiger partial charge in [0.1, 0.15) is 23.6 Å². The molecule has 1 aliphatic heterocycles. The minimum atomic E-state index is -0.289. The van der Waals surface area contributed by atoms with Crippen molar-refractivity contribution in [2.45, 2.75) is 58.5 Å². The Morgan fingerprint density at radius 3 is 2.91 bits per heavy atom. The van der Waals surface area contributed by atoms with E-state index in [2.05, 4.69) is 22.2 Å². The van der Waals surface area contributed by atoms with Crippen molar-refractivity contribution in [2.24, 2.45) is 0 Å². The van der Waals surface area contributed by atoms with Crippen molar-refractivity contribution in [1.82, 2.24) is 24.4 Å². The number of methoxy groups -OCH3 is 1. The topological polar surface area (TPSA) is 80.9 Å². The number of aromatic nitrogens is 3. The van der Waals surface area contributed by atoms with Crippen molar-refractivity contribution >= 4 is 22.3 Å². The number of benzene rings is 1. The number of hydrogen-bond donors (Lipinski definition) is 1. The number of aryl methyl sites for hydroxylation is 1. The SMILES string of the molecule is CC[C@@H]1CCCCN1CCCNC(=O)Cn1nc(C)n2c(cc3c(OC)cccc32)c1=O. The largest absolute Gasteiger partial charge is 0.496 e. The van der Waals surface area contributed by atoms with Crippen LogP contribution in [-0.2, 0) is 11.3 Å². The zero-order valence-corrected chi connectivity index (χ0v) is 19.3. The number of amides is 1. The van der Waals surface area contributed by atoms with Crippen molar-refractivity contribution in [3.63, 3.8) is 0 Å². The average Bonchev–Trinajstić information content (AvgIpc) is 3.21. The minimum Gasteiger partial charge on any atom is -0.496 e. The zero-order chi connectivity index (χ0) is 22.7. The van der Waals surface area contributed by atoms with Crippen LogP contribution in [0.15, 0.2) is 29.1 Å². The number of carbonyl (C=O) groups is 1. The summed E-state index contributed by atoms with van der Waals surface area (Å²) in [6.45, 7) is 6.76. The van der Waals surface area contributed by atoms with Gasteiger partial charge in [0, 0.05) is 24.5 Å². The number of ether oxygens (including phenoxy) is 1. The molecule has 0 radical (unpaired) electrons. The smallest absolute Gasteiger partial charge is 0.291 e. The lowest BCUT2D eigenvalue weighted by Crippen LogP contribution is -2.41. The average molecular weight is 440 g/mol. The van der Waals surface area contributed by atoms with Crippen molar-refractivity contribution in [2.75, 3.05) is 26.7 Å². The van der Waals surface area contributed by atoms with Crippen LogP contribution >= 0.6 is 0 Å². The summed E-state index contributed by atoms with van der Waals surface area (Å²) in [4.78, 5) is 28.1. The first kappa shape index (κ1) is 22.3. The lowest BCUT2D eigenvalue weighted by molar-refractivity contribution is -0.121. The molecule has 0 spiro atoms. The van der Waals surface area contributed by atoms with Crippen LogP contribution in [0.4, 0.5) is 0 Å². The third kappa shape index (κ3) is 4.37. The summed E-state index contributed by atoms with van der Waals surface area (Å²) in [5.74, 6) is 1.15. The van der Waals surface area contributed by atoms with Gasteiger partial charge in [-0.05, 0) is 57.4 Å². The third-order valence-corrected chi connectivity index (χ3v) is 6.53. The molecular weight excluding hydrogens is 406 g/mol. The maximum absolute atomic E-state index is 13.0. The van der Waals surface area contributed by atoms with E-state index in [0.717, 1.165) is 30.4 Å². The van der Waals surface area contributed by atoms with Gasteiger partial charge in [0.2, 0.25) is 5.91 Å². The highest BCUT2D eigenvalue weighted by Crippen LogP contribution is 2.28. The number of likely N-dealkylation sites (tertiary alicyclic amines) is 1.